The summed E-state index contributed by atoms with van der Waals surface area (Å²) in [5.74, 6) is 0.742. The van der Waals surface area contributed by atoms with Gasteiger partial charge in [-0.05, 0) is 25.7 Å². The summed E-state index contributed by atoms with van der Waals surface area (Å²) in [4.78, 5) is 19.0. The van der Waals surface area contributed by atoms with E-state index in [2.05, 4.69) is 17.2 Å². The highest BCUT2D eigenvalue weighted by Crippen LogP contribution is 2.19. The lowest BCUT2D eigenvalue weighted by Crippen LogP contribution is -2.40. The van der Waals surface area contributed by atoms with Crippen LogP contribution in [0.1, 0.15) is 24.6 Å². The van der Waals surface area contributed by atoms with Crippen molar-refractivity contribution in [2.45, 2.75) is 26.7 Å². The van der Waals surface area contributed by atoms with E-state index in [1.54, 1.807) is 6.20 Å². The molecule has 16 heavy (non-hydrogen) atoms. The summed E-state index contributed by atoms with van der Waals surface area (Å²) in [6, 6.07) is -0.0127. The Morgan fingerprint density at radius 3 is 2.81 bits per heavy atom. The second-order valence-corrected chi connectivity index (χ2v) is 5.61. The molecule has 4 nitrogen and oxygen atoms in total. The van der Waals surface area contributed by atoms with Gasteiger partial charge in [0.05, 0.1) is 0 Å². The van der Waals surface area contributed by atoms with Gasteiger partial charge in [0.1, 0.15) is 0 Å². The molecule has 1 aliphatic heterocycles. The van der Waals surface area contributed by atoms with Gasteiger partial charge in [-0.15, -0.1) is 11.3 Å². The Morgan fingerprint density at radius 2 is 2.25 bits per heavy atom. The SMILES string of the molecule is Cc1cnc(NC(=O)N2CCC(C)CC2)s1. The molecule has 0 aromatic carbocycles. The van der Waals surface area contributed by atoms with Crippen molar-refractivity contribution >= 4 is 22.5 Å². The summed E-state index contributed by atoms with van der Waals surface area (Å²) in [7, 11) is 0. The molecule has 1 aliphatic rings. The Bertz CT molecular complexity index is 369. The van der Waals surface area contributed by atoms with Gasteiger partial charge < -0.3 is 4.90 Å². The molecule has 0 spiro atoms. The van der Waals surface area contributed by atoms with Crippen LogP contribution in [0.15, 0.2) is 6.20 Å². The number of aryl methyl sites for hydroxylation is 1. The van der Waals surface area contributed by atoms with Crippen molar-refractivity contribution in [1.29, 1.82) is 0 Å². The number of amides is 2. The van der Waals surface area contributed by atoms with Gasteiger partial charge in [-0.25, -0.2) is 9.78 Å². The molecule has 0 atom stereocenters. The van der Waals surface area contributed by atoms with E-state index >= 15 is 0 Å². The van der Waals surface area contributed by atoms with Crippen molar-refractivity contribution in [1.82, 2.24) is 9.88 Å². The standard InChI is InChI=1S/C11H17N3OS/c1-8-3-5-14(6-4-8)11(15)13-10-12-7-9(2)16-10/h7-8H,3-6H2,1-2H3,(H,12,13,15). The average molecular weight is 239 g/mol. The van der Waals surface area contributed by atoms with Gasteiger partial charge in [0, 0.05) is 24.2 Å². The van der Waals surface area contributed by atoms with Crippen molar-refractivity contribution in [3.63, 3.8) is 0 Å². The number of piperidine rings is 1. The van der Waals surface area contributed by atoms with E-state index in [0.717, 1.165) is 36.7 Å². The zero-order chi connectivity index (χ0) is 11.5. The lowest BCUT2D eigenvalue weighted by Gasteiger charge is -2.29. The molecule has 1 aromatic heterocycles. The molecule has 0 bridgehead atoms. The number of likely N-dealkylation sites (tertiary alicyclic amines) is 1. The Labute approximate surface area is 99.7 Å². The van der Waals surface area contributed by atoms with Gasteiger partial charge in [0.2, 0.25) is 0 Å². The molecule has 1 N–H and O–H groups in total. The molecule has 2 rings (SSSR count). The number of nitrogens with zero attached hydrogens (tertiary/aromatic N) is 2. The highest BCUT2D eigenvalue weighted by Gasteiger charge is 2.20. The molecule has 0 radical (unpaired) electrons. The molecule has 5 heteroatoms. The van der Waals surface area contributed by atoms with Gasteiger partial charge in [-0.2, -0.15) is 0 Å². The van der Waals surface area contributed by atoms with Crippen molar-refractivity contribution in [3.8, 4) is 0 Å². The largest absolute Gasteiger partial charge is 0.324 e. The molecule has 88 valence electrons. The predicted molar refractivity (Wildman–Crippen MR) is 65.8 cm³/mol. The topological polar surface area (TPSA) is 45.2 Å². The zero-order valence-electron chi connectivity index (χ0n) is 9.69. The number of carbonyl (C=O) groups excluding carboxylic acids is 1. The molecule has 2 amide bonds. The van der Waals surface area contributed by atoms with Crippen LogP contribution >= 0.6 is 11.3 Å². The van der Waals surface area contributed by atoms with E-state index in [1.165, 1.54) is 11.3 Å². The normalized spacial score (nSPS) is 17.5. The van der Waals surface area contributed by atoms with Crippen LogP contribution in [0.25, 0.3) is 0 Å². The lowest BCUT2D eigenvalue weighted by atomic mass is 10.00. The lowest BCUT2D eigenvalue weighted by molar-refractivity contribution is 0.186. The molecular formula is C11H17N3OS. The number of nitrogens with one attached hydrogen (secondary N) is 1. The zero-order valence-corrected chi connectivity index (χ0v) is 10.5. The second kappa shape index (κ2) is 4.82. The summed E-state index contributed by atoms with van der Waals surface area (Å²) in [6.07, 6.45) is 3.98. The summed E-state index contributed by atoms with van der Waals surface area (Å²) in [6.45, 7) is 5.93. The first-order valence-corrected chi connectivity index (χ1v) is 6.45. The average Bonchev–Trinajstić information content (AvgIpc) is 2.65. The number of hydrogen-bond acceptors (Lipinski definition) is 3. The van der Waals surface area contributed by atoms with E-state index in [0.29, 0.717) is 5.13 Å². The Kier molecular flexibility index (Phi) is 3.43. The summed E-state index contributed by atoms with van der Waals surface area (Å²) >= 11 is 1.51. The number of urea groups is 1. The highest BCUT2D eigenvalue weighted by atomic mass is 32.1. The van der Waals surface area contributed by atoms with Gasteiger partial charge in [-0.3, -0.25) is 5.32 Å². The monoisotopic (exact) mass is 239 g/mol. The van der Waals surface area contributed by atoms with Crippen LogP contribution < -0.4 is 5.32 Å². The van der Waals surface area contributed by atoms with E-state index in [9.17, 15) is 4.79 Å². The molecule has 0 aliphatic carbocycles. The molecule has 0 unspecified atom stereocenters. The van der Waals surface area contributed by atoms with Gasteiger partial charge in [-0.1, -0.05) is 6.92 Å². The van der Waals surface area contributed by atoms with Crippen molar-refractivity contribution in [3.05, 3.63) is 11.1 Å². The maximum Gasteiger partial charge on any atom is 0.323 e. The predicted octanol–water partition coefficient (Wildman–Crippen LogP) is 2.72. The molecule has 1 fully saturated rings. The van der Waals surface area contributed by atoms with Gasteiger partial charge >= 0.3 is 6.03 Å². The fourth-order valence-corrected chi connectivity index (χ4v) is 2.45. The quantitative estimate of drug-likeness (QED) is 0.819. The molecule has 1 saturated heterocycles. The van der Waals surface area contributed by atoms with Gasteiger partial charge in [0.15, 0.2) is 5.13 Å². The fourth-order valence-electron chi connectivity index (χ4n) is 1.79. The first kappa shape index (κ1) is 11.4. The van der Waals surface area contributed by atoms with E-state index in [-0.39, 0.29) is 6.03 Å². The number of rotatable bonds is 1. The Balaban J connectivity index is 1.88. The first-order valence-electron chi connectivity index (χ1n) is 5.63. The van der Waals surface area contributed by atoms with E-state index in [4.69, 9.17) is 0 Å². The van der Waals surface area contributed by atoms with Crippen molar-refractivity contribution < 1.29 is 4.79 Å². The number of carbonyl (C=O) groups is 1. The Morgan fingerprint density at radius 1 is 1.56 bits per heavy atom. The number of anilines is 1. The maximum atomic E-state index is 11.9. The van der Waals surface area contributed by atoms with Crippen LogP contribution in [0.3, 0.4) is 0 Å². The molecule has 0 saturated carbocycles. The summed E-state index contributed by atoms with van der Waals surface area (Å²) in [5, 5.41) is 3.54. The maximum absolute atomic E-state index is 11.9. The third kappa shape index (κ3) is 2.72. The van der Waals surface area contributed by atoms with Crippen molar-refractivity contribution in [2.75, 3.05) is 18.4 Å². The van der Waals surface area contributed by atoms with Crippen LogP contribution in [-0.4, -0.2) is 29.0 Å². The van der Waals surface area contributed by atoms with Gasteiger partial charge in [0.25, 0.3) is 0 Å². The van der Waals surface area contributed by atoms with Crippen LogP contribution in [0.2, 0.25) is 0 Å². The molecule has 2 heterocycles. The van der Waals surface area contributed by atoms with Crippen molar-refractivity contribution in [2.24, 2.45) is 5.92 Å². The number of hydrogen-bond donors (Lipinski definition) is 1. The van der Waals surface area contributed by atoms with Crippen LogP contribution in [0.4, 0.5) is 9.93 Å². The molecular weight excluding hydrogens is 222 g/mol. The van der Waals surface area contributed by atoms with Crippen LogP contribution in [-0.2, 0) is 0 Å². The smallest absolute Gasteiger partial charge is 0.323 e. The molecule has 1 aromatic rings. The minimum atomic E-state index is -0.0127. The van der Waals surface area contributed by atoms with Crippen LogP contribution in [0.5, 0.6) is 0 Å². The number of thiazole rings is 1. The third-order valence-corrected chi connectivity index (χ3v) is 3.73. The number of aromatic nitrogens is 1. The first-order chi connectivity index (χ1) is 7.65. The summed E-state index contributed by atoms with van der Waals surface area (Å²) < 4.78 is 0. The fraction of sp³-hybridized carbons (Fsp3) is 0.636. The minimum absolute atomic E-state index is 0.0127. The highest BCUT2D eigenvalue weighted by molar-refractivity contribution is 7.15. The second-order valence-electron chi connectivity index (χ2n) is 4.38. The third-order valence-electron chi connectivity index (χ3n) is 2.91. The minimum Gasteiger partial charge on any atom is -0.324 e. The van der Waals surface area contributed by atoms with Crippen LogP contribution in [0, 0.1) is 12.8 Å². The summed E-state index contributed by atoms with van der Waals surface area (Å²) in [5.41, 5.74) is 0. The van der Waals surface area contributed by atoms with E-state index in [1.807, 2.05) is 11.8 Å². The Hall–Kier alpha value is -1.10. The van der Waals surface area contributed by atoms with E-state index < -0.39 is 0 Å².